The topological polar surface area (TPSA) is 128 Å². The monoisotopic (exact) mass is 539 g/mol. The van der Waals surface area contributed by atoms with E-state index in [0.29, 0.717) is 17.0 Å². The summed E-state index contributed by atoms with van der Waals surface area (Å²) < 4.78 is 68.7. The van der Waals surface area contributed by atoms with Gasteiger partial charge in [-0.2, -0.15) is 10.2 Å². The Bertz CT molecular complexity index is 1350. The van der Waals surface area contributed by atoms with Crippen molar-refractivity contribution in [2.75, 3.05) is 11.9 Å². The molecular formula is C23H25F4N7O4. The van der Waals surface area contributed by atoms with Gasteiger partial charge in [-0.1, -0.05) is 0 Å². The summed E-state index contributed by atoms with van der Waals surface area (Å²) in [5, 5.41) is 16.8. The van der Waals surface area contributed by atoms with Crippen LogP contribution in [0, 0.1) is 0 Å². The molecule has 0 aromatic carbocycles. The van der Waals surface area contributed by atoms with Crippen LogP contribution in [-0.2, 0) is 20.8 Å². The molecule has 6 rings (SSSR count). The van der Waals surface area contributed by atoms with Crippen molar-refractivity contribution >= 4 is 23.2 Å². The molecule has 0 radical (unpaired) electrons. The lowest BCUT2D eigenvalue weighted by atomic mass is 10.1. The number of nitrogens with zero attached hydrogens (tertiary/aromatic N) is 4. The van der Waals surface area contributed by atoms with Crippen molar-refractivity contribution in [3.63, 3.8) is 0 Å². The number of nitrogens with one attached hydrogen (secondary N) is 3. The van der Waals surface area contributed by atoms with E-state index in [9.17, 15) is 18.0 Å². The van der Waals surface area contributed by atoms with Crippen molar-refractivity contribution in [2.24, 2.45) is 0 Å². The molecule has 0 unspecified atom stereocenters. The van der Waals surface area contributed by atoms with Crippen LogP contribution < -0.4 is 10.6 Å². The first kappa shape index (κ1) is 24.9. The zero-order valence-corrected chi connectivity index (χ0v) is 20.2. The molecule has 1 aliphatic heterocycles. The lowest BCUT2D eigenvalue weighted by molar-refractivity contribution is -0.330. The Morgan fingerprint density at radius 2 is 2.11 bits per heavy atom. The number of fused-ring (bicyclic) bond motifs is 1. The number of ether oxygens (including phenoxy) is 3. The number of amides is 1. The maximum Gasteiger partial charge on any atom is 0.522 e. The summed E-state index contributed by atoms with van der Waals surface area (Å²) in [5.74, 6) is 0.856. The molecule has 3 atom stereocenters. The van der Waals surface area contributed by atoms with Crippen LogP contribution in [0.4, 0.5) is 34.0 Å². The first-order valence-electron chi connectivity index (χ1n) is 12.2. The highest BCUT2D eigenvalue weighted by atomic mass is 19.4. The quantitative estimate of drug-likeness (QED) is 0.364. The number of halogens is 4. The number of anilines is 2. The van der Waals surface area contributed by atoms with E-state index in [1.54, 1.807) is 6.20 Å². The average Bonchev–Trinajstić information content (AvgIpc) is 3.68. The standard InChI is InChI=1S/C23H25F4N7O4/c1-22(4-5-22)30-21(35)38-16-10-36-19(18(16)24)13-7-17(32-31-13)29-20-15-6-12(9-37-23(25,26)27)33-34(15)8-14(28-20)11-2-3-11/h6-8,11,16,18-19H,2-5,9-10H2,1H3,(H,30,35)(H2,28,29,31,32)/t16-,18+,19-/m1/s1. The molecule has 2 saturated carbocycles. The lowest BCUT2D eigenvalue weighted by Crippen LogP contribution is -2.39. The van der Waals surface area contributed by atoms with Crippen LogP contribution in [0.1, 0.15) is 61.7 Å². The number of H-pyrrole nitrogens is 1. The Kier molecular flexibility index (Phi) is 5.94. The lowest BCUT2D eigenvalue weighted by Gasteiger charge is -2.17. The van der Waals surface area contributed by atoms with Gasteiger partial charge in [-0.25, -0.2) is 18.7 Å². The van der Waals surface area contributed by atoms with Gasteiger partial charge >= 0.3 is 12.5 Å². The van der Waals surface area contributed by atoms with Gasteiger partial charge in [0.15, 0.2) is 23.9 Å². The Labute approximate surface area is 213 Å². The second-order valence-corrected chi connectivity index (χ2v) is 10.1. The molecule has 1 amide bonds. The fourth-order valence-electron chi connectivity index (χ4n) is 4.29. The number of rotatable bonds is 8. The molecule has 0 spiro atoms. The van der Waals surface area contributed by atoms with Crippen molar-refractivity contribution in [3.05, 3.63) is 35.4 Å². The van der Waals surface area contributed by atoms with E-state index < -0.39 is 37.4 Å². The SMILES string of the molecule is CC1(NC(=O)O[C@@H]2CO[C@H](c3cc(Nc4nc(C5CC5)cn5nc(COC(F)(F)F)cc45)n[nH]3)[C@H]2F)CC1. The second-order valence-electron chi connectivity index (χ2n) is 10.1. The fraction of sp³-hybridized carbons (Fsp3) is 0.565. The first-order valence-corrected chi connectivity index (χ1v) is 12.2. The summed E-state index contributed by atoms with van der Waals surface area (Å²) in [6.45, 7) is 1.04. The molecule has 0 bridgehead atoms. The molecule has 11 nitrogen and oxygen atoms in total. The second kappa shape index (κ2) is 9.08. The summed E-state index contributed by atoms with van der Waals surface area (Å²) in [6.07, 6.45) is -3.88. The normalized spacial score (nSPS) is 24.5. The van der Waals surface area contributed by atoms with E-state index in [1.807, 2.05) is 6.92 Å². The highest BCUT2D eigenvalue weighted by Gasteiger charge is 2.44. The summed E-state index contributed by atoms with van der Waals surface area (Å²) in [6, 6.07) is 2.98. The highest BCUT2D eigenvalue weighted by Crippen LogP contribution is 2.40. The molecule has 2 aliphatic carbocycles. The maximum absolute atomic E-state index is 15.1. The summed E-state index contributed by atoms with van der Waals surface area (Å²) in [4.78, 5) is 16.7. The first-order chi connectivity index (χ1) is 18.1. The van der Waals surface area contributed by atoms with Gasteiger partial charge in [-0.05, 0) is 38.7 Å². The molecule has 1 saturated heterocycles. The predicted octanol–water partition coefficient (Wildman–Crippen LogP) is 4.17. The third-order valence-corrected chi connectivity index (χ3v) is 6.80. The van der Waals surface area contributed by atoms with Crippen LogP contribution in [0.2, 0.25) is 0 Å². The smallest absolute Gasteiger partial charge is 0.441 e. The molecule has 3 N–H and O–H groups in total. The molecule has 204 valence electrons. The van der Waals surface area contributed by atoms with E-state index >= 15 is 4.39 Å². The zero-order chi connectivity index (χ0) is 26.7. The minimum atomic E-state index is -4.78. The summed E-state index contributed by atoms with van der Waals surface area (Å²) in [7, 11) is 0. The number of hydrogen-bond acceptors (Lipinski definition) is 8. The van der Waals surface area contributed by atoms with Gasteiger partial charge in [0.05, 0.1) is 29.9 Å². The van der Waals surface area contributed by atoms with Crippen LogP contribution in [0.5, 0.6) is 0 Å². The largest absolute Gasteiger partial charge is 0.522 e. The molecule has 3 aromatic heterocycles. The van der Waals surface area contributed by atoms with Crippen LogP contribution in [-0.4, -0.2) is 61.7 Å². The van der Waals surface area contributed by atoms with Gasteiger partial charge in [0.25, 0.3) is 0 Å². The Morgan fingerprint density at radius 1 is 1.32 bits per heavy atom. The van der Waals surface area contributed by atoms with Crippen molar-refractivity contribution in [1.82, 2.24) is 30.1 Å². The van der Waals surface area contributed by atoms with Crippen molar-refractivity contribution < 1.29 is 36.6 Å². The van der Waals surface area contributed by atoms with Gasteiger partial charge in [-0.15, -0.1) is 13.2 Å². The number of carbonyl (C=O) groups is 1. The molecule has 4 heterocycles. The minimum Gasteiger partial charge on any atom is -0.441 e. The predicted molar refractivity (Wildman–Crippen MR) is 122 cm³/mol. The third kappa shape index (κ3) is 5.38. The molecule has 3 fully saturated rings. The van der Waals surface area contributed by atoms with Crippen LogP contribution in [0.15, 0.2) is 18.3 Å². The Morgan fingerprint density at radius 3 is 2.82 bits per heavy atom. The van der Waals surface area contributed by atoms with Crippen molar-refractivity contribution in [3.8, 4) is 0 Å². The van der Waals surface area contributed by atoms with Gasteiger partial charge in [-0.3, -0.25) is 9.84 Å². The zero-order valence-electron chi connectivity index (χ0n) is 20.2. The number of alkyl halides is 4. The van der Waals surface area contributed by atoms with Gasteiger partial charge in [0.2, 0.25) is 0 Å². The molecule has 3 aromatic rings. The highest BCUT2D eigenvalue weighted by molar-refractivity contribution is 5.73. The van der Waals surface area contributed by atoms with Gasteiger partial charge < -0.3 is 20.1 Å². The van der Waals surface area contributed by atoms with E-state index in [4.69, 9.17) is 9.47 Å². The number of alkyl carbamates (subject to hydrolysis) is 1. The fourth-order valence-corrected chi connectivity index (χ4v) is 4.29. The average molecular weight is 539 g/mol. The van der Waals surface area contributed by atoms with Crippen LogP contribution >= 0.6 is 0 Å². The minimum absolute atomic E-state index is 0.0771. The van der Waals surface area contributed by atoms with E-state index in [2.05, 4.69) is 35.7 Å². The molecule has 38 heavy (non-hydrogen) atoms. The molecule has 3 aliphatic rings. The van der Waals surface area contributed by atoms with E-state index in [0.717, 1.165) is 31.4 Å². The molecular weight excluding hydrogens is 514 g/mol. The number of hydrogen-bond donors (Lipinski definition) is 3. The Balaban J connectivity index is 1.16. The number of aromatic amines is 1. The Hall–Kier alpha value is -3.46. The number of carbonyl (C=O) groups excluding carboxylic acids is 1. The van der Waals surface area contributed by atoms with Gasteiger partial charge in [0, 0.05) is 17.5 Å². The summed E-state index contributed by atoms with van der Waals surface area (Å²) in [5.41, 5.74) is 1.27. The third-order valence-electron chi connectivity index (χ3n) is 6.80. The maximum atomic E-state index is 15.1. The van der Waals surface area contributed by atoms with Crippen molar-refractivity contribution in [1.29, 1.82) is 0 Å². The summed E-state index contributed by atoms with van der Waals surface area (Å²) >= 11 is 0. The van der Waals surface area contributed by atoms with Crippen molar-refractivity contribution in [2.45, 2.75) is 75.4 Å². The van der Waals surface area contributed by atoms with Gasteiger partial charge in [0.1, 0.15) is 18.2 Å². The number of aromatic nitrogens is 5. The van der Waals surface area contributed by atoms with Crippen LogP contribution in [0.3, 0.4) is 0 Å². The molecule has 15 heteroatoms. The van der Waals surface area contributed by atoms with Crippen LogP contribution in [0.25, 0.3) is 5.52 Å². The van der Waals surface area contributed by atoms with E-state index in [-0.39, 0.29) is 29.6 Å². The van der Waals surface area contributed by atoms with E-state index in [1.165, 1.54) is 16.6 Å².